The third-order valence-corrected chi connectivity index (χ3v) is 2.89. The van der Waals surface area contributed by atoms with E-state index in [1.54, 1.807) is 0 Å². The average Bonchev–Trinajstić information content (AvgIpc) is 2.49. The summed E-state index contributed by atoms with van der Waals surface area (Å²) in [6, 6.07) is 2.13. The molecule has 1 rings (SSSR count). The molecule has 0 saturated heterocycles. The van der Waals surface area contributed by atoms with Gasteiger partial charge in [0.25, 0.3) is 11.4 Å². The highest BCUT2D eigenvalue weighted by Gasteiger charge is 2.24. The fourth-order valence-electron chi connectivity index (χ4n) is 1.52. The van der Waals surface area contributed by atoms with Crippen LogP contribution in [0.25, 0.3) is 0 Å². The fourth-order valence-corrected chi connectivity index (χ4v) is 1.76. The molecule has 0 aliphatic heterocycles. The number of carbonyl (C=O) groups excluding carboxylic acids is 1. The summed E-state index contributed by atoms with van der Waals surface area (Å²) in [5.41, 5.74) is -0.975. The van der Waals surface area contributed by atoms with E-state index in [0.29, 0.717) is 0 Å². The van der Waals surface area contributed by atoms with Crippen molar-refractivity contribution in [3.8, 4) is 0 Å². The normalized spacial score (nSPS) is 11.3. The summed E-state index contributed by atoms with van der Waals surface area (Å²) in [7, 11) is 0. The van der Waals surface area contributed by atoms with Gasteiger partial charge in [-0.25, -0.2) is 4.79 Å². The van der Waals surface area contributed by atoms with Gasteiger partial charge >= 0.3 is 5.97 Å². The number of benzene rings is 1. The lowest BCUT2D eigenvalue weighted by Gasteiger charge is -2.16. The van der Waals surface area contributed by atoms with Gasteiger partial charge in [-0.05, 0) is 6.07 Å². The van der Waals surface area contributed by atoms with Crippen molar-refractivity contribution in [1.82, 2.24) is 0 Å². The molecule has 0 aliphatic rings. The number of esters is 1. The van der Waals surface area contributed by atoms with Gasteiger partial charge in [-0.15, -0.1) is 0 Å². The number of rotatable bonds is 8. The molecule has 1 unspecified atom stereocenters. The highest BCUT2D eigenvalue weighted by Crippen LogP contribution is 2.29. The van der Waals surface area contributed by atoms with Crippen molar-refractivity contribution in [3.63, 3.8) is 0 Å². The molecule has 118 valence electrons. The minimum atomic E-state index is -0.941. The van der Waals surface area contributed by atoms with Crippen LogP contribution in [0.4, 0.5) is 17.1 Å². The molecule has 0 saturated carbocycles. The molecular weight excluding hydrogens is 314 g/mol. The van der Waals surface area contributed by atoms with Crippen LogP contribution in [-0.4, -0.2) is 34.2 Å². The summed E-state index contributed by atoms with van der Waals surface area (Å²) in [6.45, 7) is 3.39. The minimum absolute atomic E-state index is 0.00680. The number of carbonyl (C=O) groups is 1. The van der Waals surface area contributed by atoms with Gasteiger partial charge < -0.3 is 10.1 Å². The van der Waals surface area contributed by atoms with E-state index in [4.69, 9.17) is 4.74 Å². The number of ether oxygens (including phenoxy) is 1. The van der Waals surface area contributed by atoms with Gasteiger partial charge in [0.1, 0.15) is 18.3 Å². The van der Waals surface area contributed by atoms with Crippen LogP contribution in [-0.2, 0) is 9.53 Å². The number of thiol groups is 1. The van der Waals surface area contributed by atoms with Crippen molar-refractivity contribution in [2.24, 2.45) is 0 Å². The molecule has 0 spiro atoms. The van der Waals surface area contributed by atoms with Crippen LogP contribution in [0.1, 0.15) is 0 Å². The zero-order valence-corrected chi connectivity index (χ0v) is 12.2. The van der Waals surface area contributed by atoms with Crippen LogP contribution < -0.4 is 5.32 Å². The predicted molar refractivity (Wildman–Crippen MR) is 82.2 cm³/mol. The molecule has 1 aromatic carbocycles. The van der Waals surface area contributed by atoms with E-state index >= 15 is 0 Å². The molecule has 0 heterocycles. The number of non-ortho nitro benzene ring substituents is 1. The monoisotopic (exact) mass is 327 g/mol. The third kappa shape index (κ3) is 4.45. The Morgan fingerprint density at radius 2 is 2.09 bits per heavy atom. The first-order valence-corrected chi connectivity index (χ1v) is 6.61. The molecule has 0 aliphatic carbocycles. The summed E-state index contributed by atoms with van der Waals surface area (Å²) in [6.07, 6.45) is 1.38. The van der Waals surface area contributed by atoms with Crippen LogP contribution >= 0.6 is 12.6 Å². The number of hydrogen-bond donors (Lipinski definition) is 2. The lowest BCUT2D eigenvalue weighted by atomic mass is 10.2. The third-order valence-electron chi connectivity index (χ3n) is 2.53. The first-order valence-electron chi connectivity index (χ1n) is 5.98. The number of hydrogen-bond acceptors (Lipinski definition) is 8. The Bertz CT molecular complexity index is 607. The highest BCUT2D eigenvalue weighted by atomic mass is 32.1. The smallest absolute Gasteiger partial charge is 0.329 e. The van der Waals surface area contributed by atoms with Crippen molar-refractivity contribution < 1.29 is 19.4 Å². The predicted octanol–water partition coefficient (Wildman–Crippen LogP) is 1.94. The Labute approximate surface area is 130 Å². The van der Waals surface area contributed by atoms with Gasteiger partial charge in [-0.2, -0.15) is 12.6 Å². The quantitative estimate of drug-likeness (QED) is 0.246. The van der Waals surface area contributed by atoms with Crippen LogP contribution in [0.2, 0.25) is 0 Å². The van der Waals surface area contributed by atoms with Crippen LogP contribution in [0.3, 0.4) is 0 Å². The standard InChI is InChI=1S/C12H13N3O6S/c1-2-5-21-12(16)10(7-22)13-9-4-3-8(14(17)18)6-11(9)15(19)20/h2-4,6,10,13,22H,1,5,7H2. The second-order valence-corrected chi connectivity index (χ2v) is 4.38. The van der Waals surface area contributed by atoms with Crippen LogP contribution in [0.15, 0.2) is 30.9 Å². The van der Waals surface area contributed by atoms with E-state index in [2.05, 4.69) is 24.5 Å². The van der Waals surface area contributed by atoms with Crippen molar-refractivity contribution >= 4 is 35.7 Å². The molecular formula is C12H13N3O6S. The topological polar surface area (TPSA) is 125 Å². The average molecular weight is 327 g/mol. The zero-order valence-electron chi connectivity index (χ0n) is 11.3. The number of nitro groups is 2. The first kappa shape index (κ1) is 17.4. The molecule has 0 fully saturated rings. The molecule has 1 aromatic rings. The molecule has 1 atom stereocenters. The SMILES string of the molecule is C=CCOC(=O)C(CS)Nc1ccc([N+](=O)[O-])cc1[N+](=O)[O-]. The largest absolute Gasteiger partial charge is 0.460 e. The van der Waals surface area contributed by atoms with E-state index in [-0.39, 0.29) is 18.0 Å². The summed E-state index contributed by atoms with van der Waals surface area (Å²) < 4.78 is 4.83. The minimum Gasteiger partial charge on any atom is -0.460 e. The molecule has 22 heavy (non-hydrogen) atoms. The van der Waals surface area contributed by atoms with E-state index < -0.39 is 33.2 Å². The lowest BCUT2D eigenvalue weighted by molar-refractivity contribution is -0.393. The van der Waals surface area contributed by atoms with E-state index in [9.17, 15) is 25.0 Å². The number of nitrogens with zero attached hydrogens (tertiary/aromatic N) is 2. The maximum Gasteiger partial charge on any atom is 0.329 e. The van der Waals surface area contributed by atoms with E-state index in [1.165, 1.54) is 6.08 Å². The summed E-state index contributed by atoms with van der Waals surface area (Å²) in [4.78, 5) is 31.9. The molecule has 0 bridgehead atoms. The maximum absolute atomic E-state index is 11.7. The lowest BCUT2D eigenvalue weighted by Crippen LogP contribution is -2.33. The van der Waals surface area contributed by atoms with Gasteiger partial charge in [-0.1, -0.05) is 12.7 Å². The molecule has 9 nitrogen and oxygen atoms in total. The molecule has 1 N–H and O–H groups in total. The van der Waals surface area contributed by atoms with Crippen molar-refractivity contribution in [3.05, 3.63) is 51.1 Å². The van der Waals surface area contributed by atoms with Crippen molar-refractivity contribution in [2.45, 2.75) is 6.04 Å². The summed E-state index contributed by atoms with van der Waals surface area (Å²) in [5.74, 6) is -0.646. The molecule has 0 radical (unpaired) electrons. The zero-order chi connectivity index (χ0) is 16.7. The van der Waals surface area contributed by atoms with Gasteiger partial charge in [-0.3, -0.25) is 20.2 Å². The van der Waals surface area contributed by atoms with Gasteiger partial charge in [0.05, 0.1) is 15.9 Å². The molecule has 0 aromatic heterocycles. The number of anilines is 1. The molecule has 0 amide bonds. The van der Waals surface area contributed by atoms with E-state index in [1.807, 2.05) is 0 Å². The second kappa shape index (κ2) is 7.98. The summed E-state index contributed by atoms with van der Waals surface area (Å²) in [5, 5.41) is 24.3. The molecule has 10 heteroatoms. The Balaban J connectivity index is 3.04. The highest BCUT2D eigenvalue weighted by molar-refractivity contribution is 7.80. The van der Waals surface area contributed by atoms with Crippen LogP contribution in [0.5, 0.6) is 0 Å². The maximum atomic E-state index is 11.7. The van der Waals surface area contributed by atoms with Gasteiger partial charge in [0.2, 0.25) is 0 Å². The Morgan fingerprint density at radius 3 is 2.59 bits per heavy atom. The van der Waals surface area contributed by atoms with Crippen molar-refractivity contribution in [2.75, 3.05) is 17.7 Å². The van der Waals surface area contributed by atoms with Crippen LogP contribution in [0, 0.1) is 20.2 Å². The first-order chi connectivity index (χ1) is 10.4. The number of nitrogens with one attached hydrogen (secondary N) is 1. The number of nitro benzene ring substituents is 2. The van der Waals surface area contributed by atoms with Gasteiger partial charge in [0.15, 0.2) is 0 Å². The summed E-state index contributed by atoms with van der Waals surface area (Å²) >= 11 is 3.98. The Kier molecular flexibility index (Phi) is 6.32. The Hall–Kier alpha value is -2.62. The Morgan fingerprint density at radius 1 is 1.41 bits per heavy atom. The second-order valence-electron chi connectivity index (χ2n) is 4.01. The fraction of sp³-hybridized carbons (Fsp3) is 0.250. The van der Waals surface area contributed by atoms with Crippen molar-refractivity contribution in [1.29, 1.82) is 0 Å². The van der Waals surface area contributed by atoms with Gasteiger partial charge in [0, 0.05) is 11.8 Å². The van der Waals surface area contributed by atoms with E-state index in [0.717, 1.165) is 18.2 Å².